The van der Waals surface area contributed by atoms with Crippen LogP contribution in [0.3, 0.4) is 0 Å². The van der Waals surface area contributed by atoms with Crippen molar-refractivity contribution in [3.63, 3.8) is 0 Å². The zero-order valence-electron chi connectivity index (χ0n) is 8.24. The van der Waals surface area contributed by atoms with Gasteiger partial charge < -0.3 is 0 Å². The van der Waals surface area contributed by atoms with Crippen LogP contribution >= 0.6 is 27.3 Å². The SMILES string of the molecule is O=C(Cc1ccc(Br)s1)c1ccc(F)cc1. The normalized spacial score (nSPS) is 10.4. The van der Waals surface area contributed by atoms with Crippen LogP contribution in [0.1, 0.15) is 15.2 Å². The Morgan fingerprint density at radius 2 is 1.88 bits per heavy atom. The van der Waals surface area contributed by atoms with Crippen molar-refractivity contribution < 1.29 is 9.18 Å². The lowest BCUT2D eigenvalue weighted by molar-refractivity contribution is 0.0994. The highest BCUT2D eigenvalue weighted by Gasteiger charge is 2.08. The fraction of sp³-hybridized carbons (Fsp3) is 0.0833. The molecule has 1 heterocycles. The number of rotatable bonds is 3. The smallest absolute Gasteiger partial charge is 0.168 e. The van der Waals surface area contributed by atoms with Gasteiger partial charge in [0.1, 0.15) is 5.82 Å². The molecule has 0 amide bonds. The van der Waals surface area contributed by atoms with Crippen molar-refractivity contribution in [1.82, 2.24) is 0 Å². The highest BCUT2D eigenvalue weighted by atomic mass is 79.9. The molecule has 0 atom stereocenters. The second-order valence-corrected chi connectivity index (χ2v) is 5.86. The molecular weight excluding hydrogens is 291 g/mol. The highest BCUT2D eigenvalue weighted by Crippen LogP contribution is 2.23. The lowest BCUT2D eigenvalue weighted by Crippen LogP contribution is -2.01. The molecule has 16 heavy (non-hydrogen) atoms. The summed E-state index contributed by atoms with van der Waals surface area (Å²) in [7, 11) is 0. The van der Waals surface area contributed by atoms with Gasteiger partial charge in [-0.25, -0.2) is 4.39 Å². The number of hydrogen-bond donors (Lipinski definition) is 0. The first-order valence-corrected chi connectivity index (χ1v) is 6.29. The molecular formula is C12H8BrFOS. The minimum atomic E-state index is -0.324. The van der Waals surface area contributed by atoms with Crippen LogP contribution < -0.4 is 0 Å². The van der Waals surface area contributed by atoms with Gasteiger partial charge in [-0.2, -0.15) is 0 Å². The predicted molar refractivity (Wildman–Crippen MR) is 66.5 cm³/mol. The zero-order valence-corrected chi connectivity index (χ0v) is 10.6. The topological polar surface area (TPSA) is 17.1 Å². The molecule has 0 unspecified atom stereocenters. The monoisotopic (exact) mass is 298 g/mol. The Hall–Kier alpha value is -1.00. The number of Topliss-reactive ketones (excluding diaryl/α,β-unsaturated/α-hetero) is 1. The van der Waals surface area contributed by atoms with Crippen molar-refractivity contribution in [3.05, 3.63) is 56.4 Å². The first-order chi connectivity index (χ1) is 7.65. The van der Waals surface area contributed by atoms with E-state index in [4.69, 9.17) is 0 Å². The van der Waals surface area contributed by atoms with Gasteiger partial charge >= 0.3 is 0 Å². The number of halogens is 2. The summed E-state index contributed by atoms with van der Waals surface area (Å²) in [4.78, 5) is 12.8. The van der Waals surface area contributed by atoms with Crippen LogP contribution in [0, 0.1) is 5.82 Å². The molecule has 1 nitrogen and oxygen atoms in total. The van der Waals surface area contributed by atoms with E-state index in [9.17, 15) is 9.18 Å². The molecule has 1 aromatic heterocycles. The van der Waals surface area contributed by atoms with E-state index in [-0.39, 0.29) is 11.6 Å². The lowest BCUT2D eigenvalue weighted by Gasteiger charge is -1.98. The molecule has 2 aromatic rings. The first kappa shape index (κ1) is 11.5. The average Bonchev–Trinajstić information content (AvgIpc) is 2.65. The van der Waals surface area contributed by atoms with Gasteiger partial charge in [-0.05, 0) is 52.3 Å². The summed E-state index contributed by atoms with van der Waals surface area (Å²) >= 11 is 4.88. The van der Waals surface area contributed by atoms with Crippen molar-refractivity contribution in [3.8, 4) is 0 Å². The molecule has 0 bridgehead atoms. The average molecular weight is 299 g/mol. The second-order valence-electron chi connectivity index (χ2n) is 3.31. The Morgan fingerprint density at radius 3 is 2.44 bits per heavy atom. The van der Waals surface area contributed by atoms with Gasteiger partial charge in [0.05, 0.1) is 3.79 Å². The summed E-state index contributed by atoms with van der Waals surface area (Å²) in [5.74, 6) is -0.315. The molecule has 0 aliphatic heterocycles. The summed E-state index contributed by atoms with van der Waals surface area (Å²) in [6, 6.07) is 9.46. The zero-order chi connectivity index (χ0) is 11.5. The third-order valence-electron chi connectivity index (χ3n) is 2.13. The summed E-state index contributed by atoms with van der Waals surface area (Å²) < 4.78 is 13.7. The molecule has 0 fully saturated rings. The standard InChI is InChI=1S/C12H8BrFOS/c13-12-6-5-10(16-12)7-11(15)8-1-3-9(14)4-2-8/h1-6H,7H2. The van der Waals surface area contributed by atoms with E-state index in [2.05, 4.69) is 15.9 Å². The van der Waals surface area contributed by atoms with E-state index in [0.717, 1.165) is 8.66 Å². The van der Waals surface area contributed by atoms with Gasteiger partial charge in [0.2, 0.25) is 0 Å². The Balaban J connectivity index is 2.11. The summed E-state index contributed by atoms with van der Waals surface area (Å²) in [6.45, 7) is 0. The molecule has 82 valence electrons. The van der Waals surface area contributed by atoms with E-state index < -0.39 is 0 Å². The van der Waals surface area contributed by atoms with E-state index in [0.29, 0.717) is 12.0 Å². The van der Waals surface area contributed by atoms with Crippen molar-refractivity contribution in [2.75, 3.05) is 0 Å². The molecule has 4 heteroatoms. The van der Waals surface area contributed by atoms with E-state index in [1.165, 1.54) is 35.6 Å². The van der Waals surface area contributed by atoms with Crippen LogP contribution in [0.4, 0.5) is 4.39 Å². The summed E-state index contributed by atoms with van der Waals surface area (Å²) in [5.41, 5.74) is 0.547. The largest absolute Gasteiger partial charge is 0.294 e. The second kappa shape index (κ2) is 4.89. The van der Waals surface area contributed by atoms with Gasteiger partial charge in [0.15, 0.2) is 5.78 Å². The third kappa shape index (κ3) is 2.77. The molecule has 0 N–H and O–H groups in total. The van der Waals surface area contributed by atoms with Crippen LogP contribution in [0.2, 0.25) is 0 Å². The number of carbonyl (C=O) groups excluding carboxylic acids is 1. The van der Waals surface area contributed by atoms with Crippen LogP contribution in [-0.2, 0) is 6.42 Å². The van der Waals surface area contributed by atoms with Crippen LogP contribution in [0.25, 0.3) is 0 Å². The minimum absolute atomic E-state index is 0.00866. The first-order valence-electron chi connectivity index (χ1n) is 4.68. The predicted octanol–water partition coefficient (Wildman–Crippen LogP) is 4.08. The maximum absolute atomic E-state index is 12.7. The van der Waals surface area contributed by atoms with Gasteiger partial charge in [0, 0.05) is 16.9 Å². The molecule has 1 aromatic carbocycles. The Kier molecular flexibility index (Phi) is 3.51. The van der Waals surface area contributed by atoms with Crippen molar-refractivity contribution in [2.24, 2.45) is 0 Å². The quantitative estimate of drug-likeness (QED) is 0.781. The molecule has 0 spiro atoms. The fourth-order valence-electron chi connectivity index (χ4n) is 1.34. The molecule has 0 saturated carbocycles. The molecule has 0 radical (unpaired) electrons. The van der Waals surface area contributed by atoms with Crippen molar-refractivity contribution in [2.45, 2.75) is 6.42 Å². The summed E-state index contributed by atoms with van der Waals surface area (Å²) in [5, 5.41) is 0. The van der Waals surface area contributed by atoms with Crippen LogP contribution in [0.15, 0.2) is 40.2 Å². The Labute approximate surface area is 105 Å². The number of benzene rings is 1. The number of thiophene rings is 1. The summed E-state index contributed by atoms with van der Waals surface area (Å²) in [6.07, 6.45) is 0.363. The van der Waals surface area contributed by atoms with E-state index in [1.54, 1.807) is 0 Å². The number of ketones is 1. The van der Waals surface area contributed by atoms with E-state index in [1.807, 2.05) is 12.1 Å². The highest BCUT2D eigenvalue weighted by molar-refractivity contribution is 9.11. The van der Waals surface area contributed by atoms with Gasteiger partial charge in [0.25, 0.3) is 0 Å². The fourth-order valence-corrected chi connectivity index (χ4v) is 2.82. The van der Waals surface area contributed by atoms with Gasteiger partial charge in [-0.1, -0.05) is 0 Å². The Bertz CT molecular complexity index is 504. The van der Waals surface area contributed by atoms with Crippen molar-refractivity contribution >= 4 is 33.0 Å². The van der Waals surface area contributed by atoms with Crippen LogP contribution in [-0.4, -0.2) is 5.78 Å². The molecule has 0 aliphatic carbocycles. The van der Waals surface area contributed by atoms with Crippen LogP contribution in [0.5, 0.6) is 0 Å². The molecule has 0 aliphatic rings. The third-order valence-corrected chi connectivity index (χ3v) is 3.75. The Morgan fingerprint density at radius 1 is 1.19 bits per heavy atom. The van der Waals surface area contributed by atoms with Gasteiger partial charge in [-0.15, -0.1) is 11.3 Å². The number of hydrogen-bond acceptors (Lipinski definition) is 2. The maximum Gasteiger partial charge on any atom is 0.168 e. The van der Waals surface area contributed by atoms with Gasteiger partial charge in [-0.3, -0.25) is 4.79 Å². The van der Waals surface area contributed by atoms with Crippen molar-refractivity contribution in [1.29, 1.82) is 0 Å². The molecule has 0 saturated heterocycles. The number of carbonyl (C=O) groups is 1. The lowest BCUT2D eigenvalue weighted by atomic mass is 10.1. The van der Waals surface area contributed by atoms with E-state index >= 15 is 0 Å². The maximum atomic E-state index is 12.7. The minimum Gasteiger partial charge on any atom is -0.294 e. The molecule has 2 rings (SSSR count).